The number of piperidine rings is 1. The first-order valence-electron chi connectivity index (χ1n) is 8.95. The molecule has 0 aromatic rings. The summed E-state index contributed by atoms with van der Waals surface area (Å²) < 4.78 is 0. The highest BCUT2D eigenvalue weighted by atomic mass is 16.2. The maximum atomic E-state index is 12.6. The summed E-state index contributed by atoms with van der Waals surface area (Å²) in [5, 5.41) is 0. The number of nitrogens with zero attached hydrogens (tertiary/aromatic N) is 2. The number of likely N-dealkylation sites (tertiary alicyclic amines) is 2. The predicted molar refractivity (Wildman–Crippen MR) is 84.0 cm³/mol. The average molecular weight is 288 g/mol. The summed E-state index contributed by atoms with van der Waals surface area (Å²) in [6, 6.07) is 0. The van der Waals surface area contributed by atoms with Crippen LogP contribution in [0.2, 0.25) is 0 Å². The maximum Gasteiger partial charge on any atom is 0.249 e. The molecule has 3 heteroatoms. The quantitative estimate of drug-likeness (QED) is 0.797. The van der Waals surface area contributed by atoms with Gasteiger partial charge in [-0.05, 0) is 63.8 Å². The molecule has 1 amide bonds. The van der Waals surface area contributed by atoms with Crippen LogP contribution < -0.4 is 0 Å². The van der Waals surface area contributed by atoms with Crippen molar-refractivity contribution < 1.29 is 4.79 Å². The van der Waals surface area contributed by atoms with Crippen LogP contribution in [0.5, 0.6) is 0 Å². The first kappa shape index (κ1) is 13.8. The minimum atomic E-state index is 0.351. The van der Waals surface area contributed by atoms with Crippen LogP contribution in [-0.2, 0) is 4.79 Å². The number of hydrogen-bond donors (Lipinski definition) is 0. The van der Waals surface area contributed by atoms with E-state index in [1.807, 2.05) is 0 Å². The Morgan fingerprint density at radius 2 is 2.10 bits per heavy atom. The molecule has 21 heavy (non-hydrogen) atoms. The average Bonchev–Trinajstić information content (AvgIpc) is 3.00. The third-order valence-corrected chi connectivity index (χ3v) is 5.99. The van der Waals surface area contributed by atoms with Crippen LogP contribution in [-0.4, -0.2) is 48.4 Å². The molecule has 0 bridgehead atoms. The monoisotopic (exact) mass is 288 g/mol. The largest absolute Gasteiger partial charge is 0.338 e. The standard InChI is InChI=1S/C18H28N2O/c21-17(16-4-1-2-5-16)20-11-9-18(14-20)8-3-10-19(13-18)12-15-6-7-15/h4,15H,1-3,5-14H2/t18-/m0/s1. The molecule has 0 radical (unpaired) electrons. The molecule has 2 aliphatic carbocycles. The number of amides is 1. The van der Waals surface area contributed by atoms with Crippen LogP contribution in [0.4, 0.5) is 0 Å². The van der Waals surface area contributed by atoms with Crippen molar-refractivity contribution in [2.45, 2.75) is 51.4 Å². The highest BCUT2D eigenvalue weighted by molar-refractivity contribution is 5.94. The molecule has 3 fully saturated rings. The third-order valence-electron chi connectivity index (χ3n) is 5.99. The van der Waals surface area contributed by atoms with Gasteiger partial charge >= 0.3 is 0 Å². The summed E-state index contributed by atoms with van der Waals surface area (Å²) in [7, 11) is 0. The first-order chi connectivity index (χ1) is 10.2. The summed E-state index contributed by atoms with van der Waals surface area (Å²) in [6.07, 6.45) is 12.3. The van der Waals surface area contributed by atoms with Crippen molar-refractivity contribution in [1.82, 2.24) is 9.80 Å². The molecule has 0 N–H and O–H groups in total. The van der Waals surface area contributed by atoms with E-state index < -0.39 is 0 Å². The fraction of sp³-hybridized carbons (Fsp3) is 0.833. The normalized spacial score (nSPS) is 33.7. The van der Waals surface area contributed by atoms with Gasteiger partial charge in [0.25, 0.3) is 0 Å². The highest BCUT2D eigenvalue weighted by Gasteiger charge is 2.43. The van der Waals surface area contributed by atoms with Crippen LogP contribution in [0.1, 0.15) is 51.4 Å². The molecule has 1 saturated carbocycles. The van der Waals surface area contributed by atoms with Gasteiger partial charge in [-0.3, -0.25) is 4.79 Å². The van der Waals surface area contributed by atoms with Crippen LogP contribution >= 0.6 is 0 Å². The van der Waals surface area contributed by atoms with Crippen LogP contribution in [0, 0.1) is 11.3 Å². The summed E-state index contributed by atoms with van der Waals surface area (Å²) in [5.74, 6) is 1.34. The van der Waals surface area contributed by atoms with E-state index in [2.05, 4.69) is 15.9 Å². The minimum absolute atomic E-state index is 0.351. The zero-order valence-electron chi connectivity index (χ0n) is 13.1. The Hall–Kier alpha value is -0.830. The first-order valence-corrected chi connectivity index (χ1v) is 8.95. The summed E-state index contributed by atoms with van der Waals surface area (Å²) in [5.41, 5.74) is 1.51. The van der Waals surface area contributed by atoms with Crippen molar-refractivity contribution >= 4 is 5.91 Å². The second-order valence-corrected chi connectivity index (χ2v) is 7.88. The van der Waals surface area contributed by atoms with E-state index in [1.165, 1.54) is 58.2 Å². The highest BCUT2D eigenvalue weighted by Crippen LogP contribution is 2.41. The topological polar surface area (TPSA) is 23.6 Å². The molecule has 2 aliphatic heterocycles. The number of hydrogen-bond acceptors (Lipinski definition) is 2. The zero-order chi connectivity index (χ0) is 14.3. The summed E-state index contributed by atoms with van der Waals surface area (Å²) >= 11 is 0. The molecule has 4 rings (SSSR count). The van der Waals surface area contributed by atoms with Crippen molar-refractivity contribution in [3.8, 4) is 0 Å². The molecule has 2 saturated heterocycles. The van der Waals surface area contributed by atoms with Gasteiger partial charge in [-0.15, -0.1) is 0 Å². The second-order valence-electron chi connectivity index (χ2n) is 7.88. The fourth-order valence-corrected chi connectivity index (χ4v) is 4.64. The fourth-order valence-electron chi connectivity index (χ4n) is 4.64. The third kappa shape index (κ3) is 2.90. The van der Waals surface area contributed by atoms with Gasteiger partial charge in [0.2, 0.25) is 5.91 Å². The van der Waals surface area contributed by atoms with Gasteiger partial charge in [-0.2, -0.15) is 0 Å². The molecule has 2 heterocycles. The number of carbonyl (C=O) groups excluding carboxylic acids is 1. The van der Waals surface area contributed by atoms with Crippen molar-refractivity contribution in [3.63, 3.8) is 0 Å². The zero-order valence-corrected chi connectivity index (χ0v) is 13.1. The molecule has 0 unspecified atom stereocenters. The van der Waals surface area contributed by atoms with Crippen molar-refractivity contribution in [2.75, 3.05) is 32.7 Å². The molecule has 0 aromatic carbocycles. The molecule has 3 nitrogen and oxygen atoms in total. The van der Waals surface area contributed by atoms with Crippen LogP contribution in [0.25, 0.3) is 0 Å². The van der Waals surface area contributed by atoms with Gasteiger partial charge in [0.05, 0.1) is 0 Å². The Morgan fingerprint density at radius 3 is 2.86 bits per heavy atom. The minimum Gasteiger partial charge on any atom is -0.338 e. The van der Waals surface area contributed by atoms with Crippen molar-refractivity contribution in [3.05, 3.63) is 11.6 Å². The van der Waals surface area contributed by atoms with E-state index in [0.717, 1.165) is 37.4 Å². The van der Waals surface area contributed by atoms with E-state index in [0.29, 0.717) is 11.3 Å². The van der Waals surface area contributed by atoms with E-state index in [4.69, 9.17) is 0 Å². The number of carbonyl (C=O) groups is 1. The lowest BCUT2D eigenvalue weighted by atomic mass is 9.79. The van der Waals surface area contributed by atoms with Gasteiger partial charge < -0.3 is 9.80 Å². The Labute approximate surface area is 128 Å². The molecule has 4 aliphatic rings. The Balaban J connectivity index is 1.38. The van der Waals surface area contributed by atoms with Gasteiger partial charge in [0.15, 0.2) is 0 Å². The van der Waals surface area contributed by atoms with Crippen molar-refractivity contribution in [1.29, 1.82) is 0 Å². The van der Waals surface area contributed by atoms with Crippen LogP contribution in [0.15, 0.2) is 11.6 Å². The van der Waals surface area contributed by atoms with Crippen molar-refractivity contribution in [2.24, 2.45) is 11.3 Å². The smallest absolute Gasteiger partial charge is 0.249 e. The van der Waals surface area contributed by atoms with Gasteiger partial charge in [-0.25, -0.2) is 0 Å². The lowest BCUT2D eigenvalue weighted by molar-refractivity contribution is -0.126. The Kier molecular flexibility index (Phi) is 3.56. The molecule has 1 atom stereocenters. The number of allylic oxidation sites excluding steroid dienone is 1. The summed E-state index contributed by atoms with van der Waals surface area (Å²) in [4.78, 5) is 17.4. The SMILES string of the molecule is O=C(C1=CCCC1)N1CC[C@]2(CCCN(CC3CC3)C2)C1. The second kappa shape index (κ2) is 5.42. The molecule has 0 aromatic heterocycles. The molecular weight excluding hydrogens is 260 g/mol. The van der Waals surface area contributed by atoms with E-state index in [9.17, 15) is 4.79 Å². The van der Waals surface area contributed by atoms with E-state index in [-0.39, 0.29) is 0 Å². The number of rotatable bonds is 3. The molecular formula is C18H28N2O. The molecule has 116 valence electrons. The summed E-state index contributed by atoms with van der Waals surface area (Å²) in [6.45, 7) is 5.86. The predicted octanol–water partition coefficient (Wildman–Crippen LogP) is 2.82. The van der Waals surface area contributed by atoms with E-state index >= 15 is 0 Å². The Morgan fingerprint density at radius 1 is 1.19 bits per heavy atom. The van der Waals surface area contributed by atoms with Gasteiger partial charge in [0.1, 0.15) is 0 Å². The lowest BCUT2D eigenvalue weighted by Crippen LogP contribution is -2.46. The molecule has 1 spiro atoms. The lowest BCUT2D eigenvalue weighted by Gasteiger charge is -2.40. The van der Waals surface area contributed by atoms with Crippen LogP contribution in [0.3, 0.4) is 0 Å². The Bertz CT molecular complexity index is 454. The van der Waals surface area contributed by atoms with Gasteiger partial charge in [0, 0.05) is 37.2 Å². The maximum absolute atomic E-state index is 12.6. The van der Waals surface area contributed by atoms with Gasteiger partial charge in [-0.1, -0.05) is 6.08 Å². The van der Waals surface area contributed by atoms with E-state index in [1.54, 1.807) is 0 Å².